The Labute approximate surface area is 301 Å². The van der Waals surface area contributed by atoms with Gasteiger partial charge in [-0.1, -0.05) is 36.4 Å². The van der Waals surface area contributed by atoms with Crippen LogP contribution in [0.15, 0.2) is 77.6 Å². The van der Waals surface area contributed by atoms with Crippen molar-refractivity contribution < 1.29 is 19.4 Å². The summed E-state index contributed by atoms with van der Waals surface area (Å²) in [6.07, 6.45) is 4.16. The van der Waals surface area contributed by atoms with Crippen LogP contribution in [-0.4, -0.2) is 73.9 Å². The molecule has 2 fully saturated rings. The van der Waals surface area contributed by atoms with Crippen molar-refractivity contribution in [1.82, 2.24) is 29.5 Å². The van der Waals surface area contributed by atoms with E-state index in [4.69, 9.17) is 10.5 Å². The normalized spacial score (nSPS) is 16.7. The summed E-state index contributed by atoms with van der Waals surface area (Å²) in [5, 5.41) is 21.0. The maximum Gasteiger partial charge on any atom is 0.329 e. The number of piperidine rings is 1. The van der Waals surface area contributed by atoms with Crippen LogP contribution in [0.1, 0.15) is 49.3 Å². The number of nitrogens with one attached hydrogen (secondary N) is 1. The molecule has 2 aromatic heterocycles. The number of carbonyl (C=O) groups is 2. The predicted molar refractivity (Wildman–Crippen MR) is 199 cm³/mol. The zero-order valence-corrected chi connectivity index (χ0v) is 29.3. The Bertz CT molecular complexity index is 2140. The van der Waals surface area contributed by atoms with Crippen molar-refractivity contribution in [1.29, 1.82) is 0 Å². The van der Waals surface area contributed by atoms with E-state index in [1.165, 1.54) is 10.1 Å². The lowest BCUT2D eigenvalue weighted by molar-refractivity contribution is -0.135. The molecule has 2 saturated heterocycles. The van der Waals surface area contributed by atoms with Gasteiger partial charge in [-0.2, -0.15) is 0 Å². The third-order valence-electron chi connectivity index (χ3n) is 10.1. The van der Waals surface area contributed by atoms with Gasteiger partial charge < -0.3 is 20.5 Å². The van der Waals surface area contributed by atoms with Crippen LogP contribution in [0.4, 0.5) is 11.5 Å². The summed E-state index contributed by atoms with van der Waals surface area (Å²) in [7, 11) is 1.74. The van der Waals surface area contributed by atoms with Gasteiger partial charge in [0.05, 0.1) is 29.0 Å². The number of anilines is 2. The van der Waals surface area contributed by atoms with Crippen molar-refractivity contribution in [3.05, 3.63) is 94.4 Å². The number of aromatic nitrogens is 4. The van der Waals surface area contributed by atoms with Gasteiger partial charge in [-0.15, -0.1) is 10.2 Å². The molecule has 2 aliphatic heterocycles. The van der Waals surface area contributed by atoms with E-state index in [-0.39, 0.29) is 23.8 Å². The Morgan fingerprint density at radius 3 is 2.48 bits per heavy atom. The summed E-state index contributed by atoms with van der Waals surface area (Å²) < 4.78 is 9.20. The molecule has 7 rings (SSSR count). The van der Waals surface area contributed by atoms with Gasteiger partial charge in [0.1, 0.15) is 17.5 Å². The Hall–Kier alpha value is -5.69. The Kier molecular flexibility index (Phi) is 10.2. The lowest BCUT2D eigenvalue weighted by atomic mass is 10.0. The highest BCUT2D eigenvalue weighted by molar-refractivity contribution is 6.00. The molecule has 0 bridgehead atoms. The molecule has 0 aliphatic carbocycles. The number of phenols is 1. The first-order valence-electron chi connectivity index (χ1n) is 17.9. The molecule has 2 amide bonds. The number of nitrogen functional groups attached to an aromatic ring is 1. The summed E-state index contributed by atoms with van der Waals surface area (Å²) in [5.41, 5.74) is 11.9. The summed E-state index contributed by atoms with van der Waals surface area (Å²) in [6.45, 7) is 4.83. The molecule has 13 heteroatoms. The minimum atomic E-state index is -0.685. The summed E-state index contributed by atoms with van der Waals surface area (Å²) in [4.78, 5) is 42.0. The van der Waals surface area contributed by atoms with Crippen molar-refractivity contribution in [2.75, 3.05) is 43.4 Å². The van der Waals surface area contributed by atoms with E-state index in [0.29, 0.717) is 30.1 Å². The number of carbonyl (C=O) groups excluding carboxylic acids is 2. The van der Waals surface area contributed by atoms with Crippen molar-refractivity contribution in [2.45, 2.75) is 51.1 Å². The van der Waals surface area contributed by atoms with Crippen LogP contribution in [0.5, 0.6) is 11.5 Å². The molecule has 1 atom stereocenters. The van der Waals surface area contributed by atoms with Gasteiger partial charge >= 0.3 is 5.69 Å². The third kappa shape index (κ3) is 7.35. The summed E-state index contributed by atoms with van der Waals surface area (Å²) in [6, 6.07) is 22.5. The number of nitrogens with zero attached hydrogens (tertiary/aromatic N) is 6. The number of amides is 2. The van der Waals surface area contributed by atoms with Gasteiger partial charge in [0.2, 0.25) is 11.8 Å². The van der Waals surface area contributed by atoms with E-state index in [2.05, 4.69) is 37.4 Å². The molecule has 3 aromatic carbocycles. The fourth-order valence-electron chi connectivity index (χ4n) is 7.30. The quantitative estimate of drug-likeness (QED) is 0.127. The van der Waals surface area contributed by atoms with E-state index in [1.807, 2.05) is 48.5 Å². The number of phenolic OH excluding ortho intramolecular Hbond substituents is 1. The van der Waals surface area contributed by atoms with Gasteiger partial charge in [0, 0.05) is 51.8 Å². The van der Waals surface area contributed by atoms with Crippen LogP contribution in [0, 0.1) is 0 Å². The number of aryl methyl sites for hydroxylation is 2. The van der Waals surface area contributed by atoms with E-state index in [1.54, 1.807) is 23.7 Å². The van der Waals surface area contributed by atoms with Crippen LogP contribution in [-0.2, 0) is 29.6 Å². The van der Waals surface area contributed by atoms with Crippen LogP contribution >= 0.6 is 0 Å². The largest absolute Gasteiger partial charge is 0.507 e. The van der Waals surface area contributed by atoms with Crippen molar-refractivity contribution in [3.63, 3.8) is 0 Å². The number of unbranched alkanes of at least 4 members (excludes halogenated alkanes) is 2. The van der Waals surface area contributed by atoms with E-state index >= 15 is 0 Å². The zero-order chi connectivity index (χ0) is 36.2. The number of rotatable bonds is 12. The molecule has 0 saturated carbocycles. The molecule has 4 N–H and O–H groups in total. The highest BCUT2D eigenvalue weighted by Crippen LogP contribution is 2.32. The molecule has 0 spiro atoms. The SMILES string of the molecule is Cn1c(=O)n(C2CCC(=O)NC2=O)c2cccc(CCCCCOc3ccc(CN4CCN(c5cc(-c6ccccc6O)nnc5N)CC4)cc3)c21. The van der Waals surface area contributed by atoms with E-state index in [9.17, 15) is 19.5 Å². The fraction of sp³-hybridized carbons (Fsp3) is 0.359. The molecule has 270 valence electrons. The molecule has 13 nitrogen and oxygen atoms in total. The predicted octanol–water partition coefficient (Wildman–Crippen LogP) is 4.18. The second-order valence-corrected chi connectivity index (χ2v) is 13.5. The van der Waals surface area contributed by atoms with Crippen LogP contribution in [0.2, 0.25) is 0 Å². The number of nitrogens with two attached hydrogens (primary N) is 1. The van der Waals surface area contributed by atoms with Crippen LogP contribution in [0.3, 0.4) is 0 Å². The first-order chi connectivity index (χ1) is 25.3. The Balaban J connectivity index is 0.854. The number of fused-ring (bicyclic) bond motifs is 1. The molecule has 1 unspecified atom stereocenters. The molecule has 0 radical (unpaired) electrons. The number of ether oxygens (including phenoxy) is 1. The highest BCUT2D eigenvalue weighted by Gasteiger charge is 2.31. The summed E-state index contributed by atoms with van der Waals surface area (Å²) in [5.74, 6) is 0.672. The van der Waals surface area contributed by atoms with E-state index in [0.717, 1.165) is 86.4 Å². The molecule has 52 heavy (non-hydrogen) atoms. The number of benzene rings is 3. The monoisotopic (exact) mass is 704 g/mol. The summed E-state index contributed by atoms with van der Waals surface area (Å²) >= 11 is 0. The number of imide groups is 1. The maximum atomic E-state index is 13.2. The lowest BCUT2D eigenvalue weighted by Gasteiger charge is -2.36. The number of hydrogen-bond donors (Lipinski definition) is 3. The first kappa shape index (κ1) is 34.7. The van der Waals surface area contributed by atoms with Crippen molar-refractivity contribution in [3.8, 4) is 22.8 Å². The molecular formula is C39H44N8O5. The highest BCUT2D eigenvalue weighted by atomic mass is 16.5. The lowest BCUT2D eigenvalue weighted by Crippen LogP contribution is -2.46. The first-order valence-corrected chi connectivity index (χ1v) is 17.9. The van der Waals surface area contributed by atoms with Crippen LogP contribution in [0.25, 0.3) is 22.3 Å². The number of piperazine rings is 1. The van der Waals surface area contributed by atoms with Crippen molar-refractivity contribution >= 4 is 34.4 Å². The fourth-order valence-corrected chi connectivity index (χ4v) is 7.30. The number of hydrogen-bond acceptors (Lipinski definition) is 10. The molecule has 4 heterocycles. The van der Waals surface area contributed by atoms with Crippen molar-refractivity contribution in [2.24, 2.45) is 7.05 Å². The smallest absolute Gasteiger partial charge is 0.329 e. The third-order valence-corrected chi connectivity index (χ3v) is 10.1. The minimum Gasteiger partial charge on any atom is -0.507 e. The standard InChI is InChI=1S/C39H44N8O5/c1-44-36-27(9-7-11-31(36)47(39(44)51)32-17-18-35(49)41-38(32)50)8-3-2-6-23-52-28-15-13-26(14-16-28)25-45-19-21-46(22-20-45)33-24-30(42-43-37(33)40)29-10-4-5-12-34(29)48/h4-5,7,9-16,24,32,48H,2-3,6,8,17-23,25H2,1H3,(H2,40,43)(H,41,49,50). The topological polar surface area (TPSA) is 161 Å². The number of aromatic hydroxyl groups is 1. The number of para-hydroxylation sites is 2. The van der Waals surface area contributed by atoms with Gasteiger partial charge in [0.25, 0.3) is 0 Å². The average molecular weight is 705 g/mol. The van der Waals surface area contributed by atoms with Crippen LogP contribution < -0.4 is 26.4 Å². The van der Waals surface area contributed by atoms with Gasteiger partial charge in [-0.25, -0.2) is 4.79 Å². The minimum absolute atomic E-state index is 0.160. The second-order valence-electron chi connectivity index (χ2n) is 13.5. The van der Waals surface area contributed by atoms with E-state index < -0.39 is 11.9 Å². The zero-order valence-electron chi connectivity index (χ0n) is 29.3. The van der Waals surface area contributed by atoms with Gasteiger partial charge in [-0.3, -0.25) is 28.9 Å². The second kappa shape index (κ2) is 15.3. The maximum absolute atomic E-state index is 13.2. The number of imidazole rings is 1. The average Bonchev–Trinajstić information content (AvgIpc) is 3.40. The van der Waals surface area contributed by atoms with Gasteiger partial charge in [-0.05, 0) is 79.6 Å². The Morgan fingerprint density at radius 1 is 0.923 bits per heavy atom. The van der Waals surface area contributed by atoms with Gasteiger partial charge in [0.15, 0.2) is 5.82 Å². The molecule has 5 aromatic rings. The Morgan fingerprint density at radius 2 is 1.71 bits per heavy atom. The molecule has 2 aliphatic rings. The molecular weight excluding hydrogens is 660 g/mol.